The SMILES string of the molecule is C.Clc1cc(Cl)ncn1.OB(O)c1cccc(-c2cccc3c2sc2ccccc23)c1.c1cc(-c2cc(-c3cccc(-c4cccc5c4sc4ccccc45)c3)ncn2)cc(-c2cccc3c2sc2ccccc23)c1. The summed E-state index contributed by atoms with van der Waals surface area (Å²) in [6.07, 6.45) is 2.99. The van der Waals surface area contributed by atoms with Gasteiger partial charge >= 0.3 is 7.12 Å². The highest BCUT2D eigenvalue weighted by atomic mass is 35.5. The average Bonchev–Trinajstić information content (AvgIpc) is 4.17. The molecule has 0 radical (unpaired) electrons. The maximum absolute atomic E-state index is 9.38. The molecule has 5 aromatic heterocycles. The number of hydrogen-bond acceptors (Lipinski definition) is 9. The molecule has 2 N–H and O–H groups in total. The van der Waals surface area contributed by atoms with Crippen molar-refractivity contribution in [2.45, 2.75) is 7.43 Å². The van der Waals surface area contributed by atoms with Crippen LogP contribution < -0.4 is 5.46 Å². The van der Waals surface area contributed by atoms with Crippen molar-refractivity contribution < 1.29 is 10.0 Å². The molecule has 0 unspecified atom stereocenters. The summed E-state index contributed by atoms with van der Waals surface area (Å²) in [5.41, 5.74) is 11.5. The Labute approximate surface area is 455 Å². The van der Waals surface area contributed by atoms with Crippen molar-refractivity contribution in [1.29, 1.82) is 0 Å². The molecule has 14 rings (SSSR count). The number of hydrogen-bond donors (Lipinski definition) is 2. The van der Waals surface area contributed by atoms with Gasteiger partial charge in [0.1, 0.15) is 23.0 Å². The van der Waals surface area contributed by atoms with E-state index in [1.165, 1.54) is 95.2 Å². The van der Waals surface area contributed by atoms with Crippen molar-refractivity contribution in [3.8, 4) is 55.9 Å². The number of benzene rings is 9. The molecule has 0 saturated carbocycles. The lowest BCUT2D eigenvalue weighted by Crippen LogP contribution is -2.29. The standard InChI is InChI=1S/C40H24N2S2.C18H13BO2S.C4H2Cl2N2.CH4/c1-3-19-37-31(13-1)33-17-7-15-29(39(33)43-37)25-9-5-11-27(21-25)35-23-36(42-24-41-35)28-12-6-10-26(22-28)30-16-8-18-34-32-14-2-4-20-38(32)44-40(30)34;20-19(21)13-6-3-5-12(11-13)14-8-4-9-16-15-7-1-2-10-17(15)22-18(14)16;5-3-1-4(6)8-2-7-3;/h1-24H;1-11,20-21H;1-2H;1H4. The largest absolute Gasteiger partial charge is 0.488 e. The van der Waals surface area contributed by atoms with E-state index < -0.39 is 7.12 Å². The fourth-order valence-electron chi connectivity index (χ4n) is 9.47. The van der Waals surface area contributed by atoms with Crippen molar-refractivity contribution in [3.63, 3.8) is 0 Å². The molecule has 0 aliphatic carbocycles. The molecule has 0 aliphatic rings. The number of halogens is 2. The smallest absolute Gasteiger partial charge is 0.423 e. The van der Waals surface area contributed by atoms with E-state index in [-0.39, 0.29) is 7.43 Å². The predicted octanol–water partition coefficient (Wildman–Crippen LogP) is 17.7. The molecule has 75 heavy (non-hydrogen) atoms. The second-order valence-corrected chi connectivity index (χ2v) is 21.4. The molecular formula is C63H43BCl2N4O2S3. The van der Waals surface area contributed by atoms with Gasteiger partial charge in [0, 0.05) is 77.7 Å². The minimum absolute atomic E-state index is 0. The molecule has 5 heterocycles. The van der Waals surface area contributed by atoms with Crippen LogP contribution in [-0.2, 0) is 0 Å². The zero-order valence-electron chi connectivity index (χ0n) is 39.1. The molecule has 362 valence electrons. The first-order valence-electron chi connectivity index (χ1n) is 23.7. The Morgan fingerprint density at radius 3 is 1.08 bits per heavy atom. The summed E-state index contributed by atoms with van der Waals surface area (Å²) in [5, 5.41) is 27.3. The molecule has 0 fully saturated rings. The Morgan fingerprint density at radius 2 is 0.680 bits per heavy atom. The van der Waals surface area contributed by atoms with E-state index in [0.29, 0.717) is 15.8 Å². The first-order chi connectivity index (χ1) is 36.3. The molecule has 0 atom stereocenters. The summed E-state index contributed by atoms with van der Waals surface area (Å²) < 4.78 is 7.77. The molecular weight excluding hydrogens is 1020 g/mol. The average molecular weight is 1070 g/mol. The first kappa shape index (κ1) is 49.6. The number of rotatable bonds is 6. The van der Waals surface area contributed by atoms with Crippen LogP contribution in [0.15, 0.2) is 225 Å². The van der Waals surface area contributed by atoms with Gasteiger partial charge in [0.2, 0.25) is 0 Å². The fraction of sp³-hybridized carbons (Fsp3) is 0.0159. The molecule has 0 aliphatic heterocycles. The molecule has 0 bridgehead atoms. The third-order valence-corrected chi connectivity index (χ3v) is 17.0. The van der Waals surface area contributed by atoms with E-state index in [1.54, 1.807) is 23.7 Å². The zero-order chi connectivity index (χ0) is 50.1. The quantitative estimate of drug-likeness (QED) is 0.127. The van der Waals surface area contributed by atoms with Gasteiger partial charge in [0.25, 0.3) is 0 Å². The van der Waals surface area contributed by atoms with E-state index in [0.717, 1.165) is 33.6 Å². The Hall–Kier alpha value is -7.64. The van der Waals surface area contributed by atoms with Gasteiger partial charge in [-0.25, -0.2) is 19.9 Å². The van der Waals surface area contributed by atoms with Crippen LogP contribution in [0, 0.1) is 0 Å². The molecule has 0 amide bonds. The summed E-state index contributed by atoms with van der Waals surface area (Å²) in [6.45, 7) is 0. The molecule has 9 aromatic carbocycles. The maximum Gasteiger partial charge on any atom is 0.488 e. The molecule has 14 aromatic rings. The van der Waals surface area contributed by atoms with Crippen LogP contribution in [0.4, 0.5) is 0 Å². The van der Waals surface area contributed by atoms with Crippen molar-refractivity contribution in [2.75, 3.05) is 0 Å². The normalized spacial score (nSPS) is 11.1. The highest BCUT2D eigenvalue weighted by Gasteiger charge is 2.16. The monoisotopic (exact) mass is 1060 g/mol. The van der Waals surface area contributed by atoms with Gasteiger partial charge in [-0.15, -0.1) is 34.0 Å². The topological polar surface area (TPSA) is 92.0 Å². The Balaban J connectivity index is 0.000000161. The highest BCUT2D eigenvalue weighted by Crippen LogP contribution is 2.43. The van der Waals surface area contributed by atoms with E-state index in [4.69, 9.17) is 33.2 Å². The van der Waals surface area contributed by atoms with Crippen LogP contribution in [0.1, 0.15) is 7.43 Å². The van der Waals surface area contributed by atoms with Gasteiger partial charge < -0.3 is 10.0 Å². The van der Waals surface area contributed by atoms with Gasteiger partial charge in [-0.05, 0) is 75.2 Å². The van der Waals surface area contributed by atoms with Crippen LogP contribution in [0.2, 0.25) is 10.3 Å². The molecule has 12 heteroatoms. The zero-order valence-corrected chi connectivity index (χ0v) is 43.1. The third-order valence-electron chi connectivity index (χ3n) is 12.9. The van der Waals surface area contributed by atoms with Crippen LogP contribution in [0.25, 0.3) is 116 Å². The number of fused-ring (bicyclic) bond motifs is 9. The summed E-state index contributed by atoms with van der Waals surface area (Å²) in [5.74, 6) is 0. The van der Waals surface area contributed by atoms with Crippen LogP contribution in [0.5, 0.6) is 0 Å². The van der Waals surface area contributed by atoms with Gasteiger partial charge in [-0.2, -0.15) is 0 Å². The second-order valence-electron chi connectivity index (χ2n) is 17.5. The first-order valence-corrected chi connectivity index (χ1v) is 26.9. The summed E-state index contributed by atoms with van der Waals surface area (Å²) in [4.78, 5) is 16.6. The van der Waals surface area contributed by atoms with E-state index in [1.807, 2.05) is 40.9 Å². The van der Waals surface area contributed by atoms with Gasteiger partial charge in [0.05, 0.1) is 11.4 Å². The highest BCUT2D eigenvalue weighted by molar-refractivity contribution is 7.27. The van der Waals surface area contributed by atoms with Crippen LogP contribution >= 0.6 is 57.2 Å². The van der Waals surface area contributed by atoms with Crippen molar-refractivity contribution in [1.82, 2.24) is 19.9 Å². The summed E-state index contributed by atoms with van der Waals surface area (Å²) >= 11 is 16.3. The summed E-state index contributed by atoms with van der Waals surface area (Å²) in [7, 11) is -1.44. The van der Waals surface area contributed by atoms with Crippen molar-refractivity contribution in [3.05, 3.63) is 235 Å². The van der Waals surface area contributed by atoms with Crippen molar-refractivity contribution >= 4 is 130 Å². The number of nitrogens with zero attached hydrogens (tertiary/aromatic N) is 4. The number of thiophene rings is 3. The van der Waals surface area contributed by atoms with E-state index >= 15 is 0 Å². The second kappa shape index (κ2) is 21.7. The van der Waals surface area contributed by atoms with Gasteiger partial charge in [-0.3, -0.25) is 0 Å². The van der Waals surface area contributed by atoms with E-state index in [9.17, 15) is 10.0 Å². The predicted molar refractivity (Wildman–Crippen MR) is 323 cm³/mol. The minimum atomic E-state index is -1.44. The van der Waals surface area contributed by atoms with Crippen LogP contribution in [0.3, 0.4) is 0 Å². The molecule has 0 spiro atoms. The molecule has 6 nitrogen and oxygen atoms in total. The molecule has 0 saturated heterocycles. The lowest BCUT2D eigenvalue weighted by Gasteiger charge is -2.09. The van der Waals surface area contributed by atoms with Gasteiger partial charge in [0.15, 0.2) is 0 Å². The van der Waals surface area contributed by atoms with E-state index in [2.05, 4.69) is 192 Å². The lowest BCUT2D eigenvalue weighted by atomic mass is 9.79. The maximum atomic E-state index is 9.38. The number of aromatic nitrogens is 4. The van der Waals surface area contributed by atoms with Crippen molar-refractivity contribution in [2.24, 2.45) is 0 Å². The Morgan fingerprint density at radius 1 is 0.333 bits per heavy atom. The van der Waals surface area contributed by atoms with Gasteiger partial charge in [-0.1, -0.05) is 200 Å². The Bertz CT molecular complexity index is 4190. The van der Waals surface area contributed by atoms with Crippen LogP contribution in [-0.4, -0.2) is 37.1 Å². The minimum Gasteiger partial charge on any atom is -0.423 e. The fourth-order valence-corrected chi connectivity index (χ4v) is 13.5. The Kier molecular flexibility index (Phi) is 14.3. The summed E-state index contributed by atoms with van der Waals surface area (Å²) in [6, 6.07) is 73.7. The lowest BCUT2D eigenvalue weighted by molar-refractivity contribution is 0.426. The third kappa shape index (κ3) is 10.1.